The van der Waals surface area contributed by atoms with E-state index < -0.39 is 0 Å². The second-order valence-corrected chi connectivity index (χ2v) is 6.62. The highest BCUT2D eigenvalue weighted by atomic mass is 35.5. The van der Waals surface area contributed by atoms with Crippen molar-refractivity contribution in [3.8, 4) is 0 Å². The van der Waals surface area contributed by atoms with E-state index in [1.807, 2.05) is 6.92 Å². The molecule has 1 aromatic heterocycles. The molecule has 6 nitrogen and oxygen atoms in total. The first kappa shape index (κ1) is 15.9. The van der Waals surface area contributed by atoms with Gasteiger partial charge in [-0.3, -0.25) is 4.79 Å². The summed E-state index contributed by atoms with van der Waals surface area (Å²) in [6.45, 7) is 5.36. The average Bonchev–Trinajstić information content (AvgIpc) is 2.51. The maximum absolute atomic E-state index is 12.9. The third kappa shape index (κ3) is 3.20. The first-order valence-electron chi connectivity index (χ1n) is 7.88. The highest BCUT2D eigenvalue weighted by molar-refractivity contribution is 6.29. The molecule has 0 aromatic carbocycles. The minimum absolute atomic E-state index is 0.0540. The molecule has 2 atom stereocenters. The van der Waals surface area contributed by atoms with E-state index in [-0.39, 0.29) is 23.7 Å². The predicted molar refractivity (Wildman–Crippen MR) is 85.4 cm³/mol. The van der Waals surface area contributed by atoms with Crippen LogP contribution in [0.5, 0.6) is 0 Å². The van der Waals surface area contributed by atoms with Crippen LogP contribution in [0.15, 0.2) is 11.0 Å². The van der Waals surface area contributed by atoms with E-state index in [1.165, 1.54) is 0 Å². The molecule has 1 N–H and O–H groups in total. The lowest BCUT2D eigenvalue weighted by Gasteiger charge is -2.32. The van der Waals surface area contributed by atoms with Gasteiger partial charge in [0.15, 0.2) is 0 Å². The summed E-state index contributed by atoms with van der Waals surface area (Å²) in [4.78, 5) is 19.4. The zero-order valence-corrected chi connectivity index (χ0v) is 13.8. The quantitative estimate of drug-likeness (QED) is 0.885. The molecule has 3 rings (SSSR count). The molecule has 0 radical (unpaired) electrons. The van der Waals surface area contributed by atoms with E-state index in [4.69, 9.17) is 16.3 Å². The minimum Gasteiger partial charge on any atom is -0.369 e. The standard InChI is InChI=1S/C15H23ClN4O2/c1-10-14(22-8-5-17-10)13-15(21)20(9-12(16)18-13)11-3-6-19(2)7-4-11/h9-11,14,17H,3-8H2,1-2H3/t10?,14-/m1/s1. The van der Waals surface area contributed by atoms with Crippen molar-refractivity contribution in [2.24, 2.45) is 0 Å². The van der Waals surface area contributed by atoms with E-state index >= 15 is 0 Å². The largest absolute Gasteiger partial charge is 0.369 e. The van der Waals surface area contributed by atoms with Gasteiger partial charge in [0, 0.05) is 24.8 Å². The molecule has 0 bridgehead atoms. The lowest BCUT2D eigenvalue weighted by molar-refractivity contribution is -0.00419. The minimum atomic E-state index is -0.336. The van der Waals surface area contributed by atoms with E-state index in [0.717, 1.165) is 32.5 Å². The van der Waals surface area contributed by atoms with E-state index in [2.05, 4.69) is 22.2 Å². The van der Waals surface area contributed by atoms with Crippen LogP contribution in [0.25, 0.3) is 0 Å². The van der Waals surface area contributed by atoms with Gasteiger partial charge >= 0.3 is 0 Å². The zero-order chi connectivity index (χ0) is 15.7. The molecule has 0 spiro atoms. The molecule has 22 heavy (non-hydrogen) atoms. The normalized spacial score (nSPS) is 28.0. The number of hydrogen-bond acceptors (Lipinski definition) is 5. The van der Waals surface area contributed by atoms with Crippen molar-refractivity contribution < 1.29 is 4.74 Å². The molecule has 0 saturated carbocycles. The van der Waals surface area contributed by atoms with Crippen LogP contribution in [0, 0.1) is 0 Å². The summed E-state index contributed by atoms with van der Waals surface area (Å²) in [5.74, 6) is 0. The Morgan fingerprint density at radius 1 is 1.41 bits per heavy atom. The van der Waals surface area contributed by atoms with Crippen molar-refractivity contribution >= 4 is 11.6 Å². The van der Waals surface area contributed by atoms with Gasteiger partial charge in [0.05, 0.1) is 6.61 Å². The number of nitrogens with one attached hydrogen (secondary N) is 1. The van der Waals surface area contributed by atoms with Crippen molar-refractivity contribution in [1.82, 2.24) is 19.8 Å². The van der Waals surface area contributed by atoms with Gasteiger partial charge in [-0.15, -0.1) is 0 Å². The molecule has 2 saturated heterocycles. The number of aromatic nitrogens is 2. The van der Waals surface area contributed by atoms with Crippen LogP contribution in [-0.4, -0.2) is 53.8 Å². The fourth-order valence-electron chi connectivity index (χ4n) is 3.27. The number of nitrogens with zero attached hydrogens (tertiary/aromatic N) is 3. The molecular weight excluding hydrogens is 304 g/mol. The Morgan fingerprint density at radius 2 is 2.14 bits per heavy atom. The van der Waals surface area contributed by atoms with Gasteiger partial charge in [-0.05, 0) is 39.9 Å². The number of hydrogen-bond donors (Lipinski definition) is 1. The van der Waals surface area contributed by atoms with Crippen molar-refractivity contribution in [2.75, 3.05) is 33.3 Å². The monoisotopic (exact) mass is 326 g/mol. The maximum atomic E-state index is 12.9. The lowest BCUT2D eigenvalue weighted by Crippen LogP contribution is -2.45. The van der Waals surface area contributed by atoms with Gasteiger partial charge in [-0.2, -0.15) is 0 Å². The van der Waals surface area contributed by atoms with Gasteiger partial charge in [-0.25, -0.2) is 4.98 Å². The number of rotatable bonds is 2. The van der Waals surface area contributed by atoms with Crippen LogP contribution in [0.2, 0.25) is 5.15 Å². The van der Waals surface area contributed by atoms with Gasteiger partial charge in [-0.1, -0.05) is 11.6 Å². The first-order valence-corrected chi connectivity index (χ1v) is 8.26. The summed E-state index contributed by atoms with van der Waals surface area (Å²) in [6.07, 6.45) is 3.24. The molecule has 1 aromatic rings. The van der Waals surface area contributed by atoms with Crippen LogP contribution in [0.1, 0.15) is 37.6 Å². The summed E-state index contributed by atoms with van der Waals surface area (Å²) in [5, 5.41) is 3.68. The molecule has 0 amide bonds. The average molecular weight is 327 g/mol. The third-order valence-corrected chi connectivity index (χ3v) is 4.78. The summed E-state index contributed by atoms with van der Waals surface area (Å²) in [5.41, 5.74) is 0.352. The molecule has 2 fully saturated rings. The first-order chi connectivity index (χ1) is 10.6. The topological polar surface area (TPSA) is 59.4 Å². The second kappa shape index (κ2) is 6.66. The number of piperidine rings is 1. The Kier molecular flexibility index (Phi) is 4.82. The highest BCUT2D eigenvalue weighted by Crippen LogP contribution is 2.24. The lowest BCUT2D eigenvalue weighted by atomic mass is 10.0. The fraction of sp³-hybridized carbons (Fsp3) is 0.733. The summed E-state index contributed by atoms with van der Waals surface area (Å²) >= 11 is 6.18. The predicted octanol–water partition coefficient (Wildman–Crippen LogP) is 1.21. The third-order valence-electron chi connectivity index (χ3n) is 4.60. The Bertz CT molecular complexity index is 583. The Balaban J connectivity index is 1.93. The molecular formula is C15H23ClN4O2. The van der Waals surface area contributed by atoms with Gasteiger partial charge in [0.2, 0.25) is 0 Å². The van der Waals surface area contributed by atoms with Crippen LogP contribution in [-0.2, 0) is 4.74 Å². The number of morpholine rings is 1. The fourth-order valence-corrected chi connectivity index (χ4v) is 3.46. The van der Waals surface area contributed by atoms with Crippen molar-refractivity contribution in [3.05, 3.63) is 27.4 Å². The molecule has 0 aliphatic carbocycles. The smallest absolute Gasteiger partial charge is 0.275 e. The number of ether oxygens (including phenoxy) is 1. The van der Waals surface area contributed by atoms with Crippen molar-refractivity contribution in [1.29, 1.82) is 0 Å². The van der Waals surface area contributed by atoms with Crippen molar-refractivity contribution in [3.63, 3.8) is 0 Å². The van der Waals surface area contributed by atoms with Crippen molar-refractivity contribution in [2.45, 2.75) is 38.0 Å². The zero-order valence-electron chi connectivity index (χ0n) is 13.1. The molecule has 3 heterocycles. The SMILES string of the molecule is CC1NCCO[C@H]1c1nc(Cl)cn(C2CCN(C)CC2)c1=O. The van der Waals surface area contributed by atoms with Gasteiger partial charge in [0.1, 0.15) is 17.0 Å². The summed E-state index contributed by atoms with van der Waals surface area (Å²) in [6, 6.07) is 0.244. The highest BCUT2D eigenvalue weighted by Gasteiger charge is 2.30. The Hall–Kier alpha value is -0.950. The molecule has 2 aliphatic heterocycles. The number of likely N-dealkylation sites (tertiary alicyclic amines) is 1. The molecule has 1 unspecified atom stereocenters. The summed E-state index contributed by atoms with van der Waals surface area (Å²) < 4.78 is 7.53. The molecule has 7 heteroatoms. The van der Waals surface area contributed by atoms with Crippen LogP contribution in [0.3, 0.4) is 0 Å². The van der Waals surface area contributed by atoms with Crippen LogP contribution >= 0.6 is 11.6 Å². The molecule has 2 aliphatic rings. The Morgan fingerprint density at radius 3 is 2.82 bits per heavy atom. The maximum Gasteiger partial charge on any atom is 0.275 e. The van der Waals surface area contributed by atoms with Gasteiger partial charge < -0.3 is 19.5 Å². The van der Waals surface area contributed by atoms with Crippen LogP contribution < -0.4 is 10.9 Å². The molecule has 122 valence electrons. The second-order valence-electron chi connectivity index (χ2n) is 6.23. The van der Waals surface area contributed by atoms with Gasteiger partial charge in [0.25, 0.3) is 5.56 Å². The number of halogens is 1. The van der Waals surface area contributed by atoms with E-state index in [1.54, 1.807) is 10.8 Å². The summed E-state index contributed by atoms with van der Waals surface area (Å²) in [7, 11) is 2.10. The Labute approximate surface area is 135 Å². The van der Waals surface area contributed by atoms with E-state index in [9.17, 15) is 4.79 Å². The van der Waals surface area contributed by atoms with Crippen LogP contribution in [0.4, 0.5) is 0 Å². The van der Waals surface area contributed by atoms with E-state index in [0.29, 0.717) is 17.5 Å².